The van der Waals surface area contributed by atoms with Crippen molar-refractivity contribution < 1.29 is 17.9 Å². The number of rotatable bonds is 3. The SMILES string of the molecule is O=C(c1cc(S(=O)(=O)N2CCOCC2)ccc1Br)N1CCCCC1. The molecule has 1 aromatic carbocycles. The molecule has 0 saturated carbocycles. The summed E-state index contributed by atoms with van der Waals surface area (Å²) in [5.41, 5.74) is 0.409. The molecular weight excluding hydrogens is 396 g/mol. The number of piperidine rings is 1. The molecule has 2 saturated heterocycles. The Morgan fingerprint density at radius 2 is 1.71 bits per heavy atom. The summed E-state index contributed by atoms with van der Waals surface area (Å²) in [4.78, 5) is 14.7. The van der Waals surface area contributed by atoms with Gasteiger partial charge in [0.15, 0.2) is 0 Å². The van der Waals surface area contributed by atoms with Crippen molar-refractivity contribution in [2.45, 2.75) is 24.2 Å². The number of hydrogen-bond acceptors (Lipinski definition) is 4. The molecule has 1 amide bonds. The number of morpholine rings is 1. The maximum atomic E-state index is 12.8. The van der Waals surface area contributed by atoms with Gasteiger partial charge in [0.2, 0.25) is 10.0 Å². The van der Waals surface area contributed by atoms with Crippen molar-refractivity contribution in [1.82, 2.24) is 9.21 Å². The standard InChI is InChI=1S/C16H21BrN2O4S/c17-15-5-4-13(24(21,22)19-8-10-23-11-9-19)12-14(15)16(20)18-6-2-1-3-7-18/h4-5,12H,1-3,6-11H2. The number of halogens is 1. The Bertz CT molecular complexity index is 711. The highest BCUT2D eigenvalue weighted by Crippen LogP contribution is 2.26. The molecular formula is C16H21BrN2O4S. The molecule has 0 aromatic heterocycles. The van der Waals surface area contributed by atoms with E-state index >= 15 is 0 Å². The molecule has 6 nitrogen and oxygen atoms in total. The third kappa shape index (κ3) is 3.66. The van der Waals surface area contributed by atoms with E-state index in [1.54, 1.807) is 17.0 Å². The Hall–Kier alpha value is -0.960. The second-order valence-electron chi connectivity index (χ2n) is 6.01. The summed E-state index contributed by atoms with van der Waals surface area (Å²) in [6, 6.07) is 4.68. The number of hydrogen-bond donors (Lipinski definition) is 0. The van der Waals surface area contributed by atoms with Gasteiger partial charge in [-0.05, 0) is 53.4 Å². The van der Waals surface area contributed by atoms with Crippen LogP contribution >= 0.6 is 15.9 Å². The van der Waals surface area contributed by atoms with Crippen LogP contribution in [0.2, 0.25) is 0 Å². The first kappa shape index (κ1) is 17.8. The molecule has 0 aliphatic carbocycles. The molecule has 3 rings (SSSR count). The van der Waals surface area contributed by atoms with Gasteiger partial charge in [-0.1, -0.05) is 0 Å². The molecule has 24 heavy (non-hydrogen) atoms. The highest BCUT2D eigenvalue weighted by Gasteiger charge is 2.28. The largest absolute Gasteiger partial charge is 0.379 e. The molecule has 0 spiro atoms. The third-order valence-corrected chi connectivity index (χ3v) is 7.01. The van der Waals surface area contributed by atoms with Crippen molar-refractivity contribution >= 4 is 31.9 Å². The van der Waals surface area contributed by atoms with E-state index in [4.69, 9.17) is 4.74 Å². The molecule has 8 heteroatoms. The van der Waals surface area contributed by atoms with E-state index < -0.39 is 10.0 Å². The molecule has 0 radical (unpaired) electrons. The van der Waals surface area contributed by atoms with E-state index in [1.165, 1.54) is 10.4 Å². The fourth-order valence-corrected chi connectivity index (χ4v) is 4.88. The molecule has 132 valence electrons. The lowest BCUT2D eigenvalue weighted by atomic mass is 10.1. The van der Waals surface area contributed by atoms with Gasteiger partial charge in [0, 0.05) is 30.7 Å². The van der Waals surface area contributed by atoms with E-state index in [2.05, 4.69) is 15.9 Å². The minimum absolute atomic E-state index is 0.111. The van der Waals surface area contributed by atoms with Crippen LogP contribution in [0, 0.1) is 0 Å². The quantitative estimate of drug-likeness (QED) is 0.756. The van der Waals surface area contributed by atoms with Crippen LogP contribution < -0.4 is 0 Å². The highest BCUT2D eigenvalue weighted by molar-refractivity contribution is 9.10. The summed E-state index contributed by atoms with van der Waals surface area (Å²) in [7, 11) is -3.60. The zero-order chi connectivity index (χ0) is 17.2. The van der Waals surface area contributed by atoms with E-state index in [-0.39, 0.29) is 10.8 Å². The number of sulfonamides is 1. The number of amides is 1. The van der Waals surface area contributed by atoms with Gasteiger partial charge in [-0.3, -0.25) is 4.79 Å². The zero-order valence-corrected chi connectivity index (χ0v) is 15.8. The predicted molar refractivity (Wildman–Crippen MR) is 93.5 cm³/mol. The fourth-order valence-electron chi connectivity index (χ4n) is 3.03. The Balaban J connectivity index is 1.89. The first-order valence-corrected chi connectivity index (χ1v) is 10.4. The minimum atomic E-state index is -3.60. The van der Waals surface area contributed by atoms with Gasteiger partial charge < -0.3 is 9.64 Å². The van der Waals surface area contributed by atoms with Crippen molar-refractivity contribution in [1.29, 1.82) is 0 Å². The van der Waals surface area contributed by atoms with Crippen molar-refractivity contribution in [2.24, 2.45) is 0 Å². The van der Waals surface area contributed by atoms with Crippen LogP contribution in [0.4, 0.5) is 0 Å². The van der Waals surface area contributed by atoms with Crippen LogP contribution in [0.25, 0.3) is 0 Å². The molecule has 2 aliphatic rings. The van der Waals surface area contributed by atoms with Crippen molar-refractivity contribution in [2.75, 3.05) is 39.4 Å². The molecule has 0 unspecified atom stereocenters. The Morgan fingerprint density at radius 1 is 1.04 bits per heavy atom. The molecule has 2 heterocycles. The number of likely N-dealkylation sites (tertiary alicyclic amines) is 1. The zero-order valence-electron chi connectivity index (χ0n) is 13.4. The number of nitrogens with zero attached hydrogens (tertiary/aromatic N) is 2. The smallest absolute Gasteiger partial charge is 0.255 e. The maximum absolute atomic E-state index is 12.8. The second kappa shape index (κ2) is 7.51. The Kier molecular flexibility index (Phi) is 5.59. The number of ether oxygens (including phenoxy) is 1. The summed E-state index contributed by atoms with van der Waals surface area (Å²) in [5.74, 6) is -0.111. The normalized spacial score (nSPS) is 20.1. The van der Waals surface area contributed by atoms with Crippen LogP contribution in [0.15, 0.2) is 27.6 Å². The molecule has 0 N–H and O–H groups in total. The lowest BCUT2D eigenvalue weighted by Gasteiger charge is -2.28. The van der Waals surface area contributed by atoms with Crippen LogP contribution in [0.3, 0.4) is 0 Å². The molecule has 2 aliphatic heterocycles. The summed E-state index contributed by atoms with van der Waals surface area (Å²) in [6.45, 7) is 2.93. The van der Waals surface area contributed by atoms with E-state index in [1.807, 2.05) is 0 Å². The summed E-state index contributed by atoms with van der Waals surface area (Å²) in [5, 5.41) is 0. The first-order valence-electron chi connectivity index (χ1n) is 8.17. The maximum Gasteiger partial charge on any atom is 0.255 e. The van der Waals surface area contributed by atoms with Gasteiger partial charge in [0.05, 0.1) is 23.7 Å². The second-order valence-corrected chi connectivity index (χ2v) is 8.80. The first-order chi connectivity index (χ1) is 11.5. The van der Waals surface area contributed by atoms with Crippen molar-refractivity contribution in [3.05, 3.63) is 28.2 Å². The fraction of sp³-hybridized carbons (Fsp3) is 0.562. The van der Waals surface area contributed by atoms with Crippen LogP contribution in [-0.4, -0.2) is 62.9 Å². The van der Waals surface area contributed by atoms with Gasteiger partial charge in [0.1, 0.15) is 0 Å². The van der Waals surface area contributed by atoms with Gasteiger partial charge in [0.25, 0.3) is 5.91 Å². The lowest BCUT2D eigenvalue weighted by molar-refractivity contribution is 0.0721. The summed E-state index contributed by atoms with van der Waals surface area (Å²) >= 11 is 3.38. The summed E-state index contributed by atoms with van der Waals surface area (Å²) < 4.78 is 32.8. The predicted octanol–water partition coefficient (Wildman–Crippen LogP) is 2.10. The highest BCUT2D eigenvalue weighted by atomic mass is 79.9. The molecule has 1 aromatic rings. The number of carbonyl (C=O) groups is 1. The molecule has 2 fully saturated rings. The lowest BCUT2D eigenvalue weighted by Crippen LogP contribution is -2.40. The van der Waals surface area contributed by atoms with E-state index in [0.29, 0.717) is 36.3 Å². The topological polar surface area (TPSA) is 66.9 Å². The number of carbonyl (C=O) groups excluding carboxylic acids is 1. The van der Waals surface area contributed by atoms with Crippen LogP contribution in [-0.2, 0) is 14.8 Å². The minimum Gasteiger partial charge on any atom is -0.379 e. The van der Waals surface area contributed by atoms with Crippen LogP contribution in [0.1, 0.15) is 29.6 Å². The Labute approximate surface area is 150 Å². The average molecular weight is 417 g/mol. The average Bonchev–Trinajstić information content (AvgIpc) is 2.63. The van der Waals surface area contributed by atoms with E-state index in [0.717, 1.165) is 32.4 Å². The van der Waals surface area contributed by atoms with Gasteiger partial charge in [-0.15, -0.1) is 0 Å². The molecule has 0 atom stereocenters. The van der Waals surface area contributed by atoms with Gasteiger partial charge in [-0.25, -0.2) is 8.42 Å². The van der Waals surface area contributed by atoms with Crippen LogP contribution in [0.5, 0.6) is 0 Å². The van der Waals surface area contributed by atoms with Gasteiger partial charge >= 0.3 is 0 Å². The van der Waals surface area contributed by atoms with Crippen molar-refractivity contribution in [3.8, 4) is 0 Å². The third-order valence-electron chi connectivity index (χ3n) is 4.42. The summed E-state index contributed by atoms with van der Waals surface area (Å²) in [6.07, 6.45) is 3.13. The Morgan fingerprint density at radius 3 is 2.38 bits per heavy atom. The molecule has 0 bridgehead atoms. The monoisotopic (exact) mass is 416 g/mol. The van der Waals surface area contributed by atoms with E-state index in [9.17, 15) is 13.2 Å². The van der Waals surface area contributed by atoms with Gasteiger partial charge in [-0.2, -0.15) is 4.31 Å². The van der Waals surface area contributed by atoms with Crippen molar-refractivity contribution in [3.63, 3.8) is 0 Å². The number of benzene rings is 1.